The first-order valence-electron chi connectivity index (χ1n) is 16.5. The topological polar surface area (TPSA) is 115 Å². The first kappa shape index (κ1) is 64.6. The molecule has 0 bridgehead atoms. The number of anilines is 3. The van der Waals surface area contributed by atoms with E-state index in [0.29, 0.717) is 24.3 Å². The van der Waals surface area contributed by atoms with Crippen molar-refractivity contribution in [1.29, 1.82) is 0 Å². The highest BCUT2D eigenvalue weighted by atomic mass is 79.9. The zero-order valence-electron chi connectivity index (χ0n) is 32.8. The Bertz CT molecular complexity index is 2250. The van der Waals surface area contributed by atoms with Gasteiger partial charge in [0.2, 0.25) is 0 Å². The second kappa shape index (κ2) is 20.8. The summed E-state index contributed by atoms with van der Waals surface area (Å²) in [6, 6.07) is 8.04. The molecule has 0 aliphatic rings. The minimum absolute atomic E-state index is 0.0139. The highest BCUT2D eigenvalue weighted by Crippen LogP contribution is 2.57. The summed E-state index contributed by atoms with van der Waals surface area (Å²) < 4.78 is 379. The third kappa shape index (κ3) is 12.0. The van der Waals surface area contributed by atoms with Crippen LogP contribution >= 0.6 is 31.9 Å². The molecule has 3 unspecified atom stereocenters. The summed E-state index contributed by atoms with van der Waals surface area (Å²) in [5.41, 5.74) is 10.3. The minimum atomic E-state index is -7.11. The molecule has 6 nitrogen and oxygen atoms in total. The summed E-state index contributed by atoms with van der Waals surface area (Å²) in [7, 11) is -12.7. The number of benzene rings is 3. The van der Waals surface area contributed by atoms with Crippen molar-refractivity contribution < 1.29 is 131 Å². The van der Waals surface area contributed by atoms with Crippen LogP contribution in [0.3, 0.4) is 0 Å². The molecule has 3 aromatic rings. The quantitative estimate of drug-likeness (QED) is 0.116. The Hall–Kier alpha value is -3.42. The van der Waals surface area contributed by atoms with E-state index >= 15 is 0 Å². The predicted octanol–water partition coefficient (Wildman–Crippen LogP) is 13.9. The molecular weight excluding hydrogens is 1240 g/mol. The molecule has 3 rings (SSSR count). The van der Waals surface area contributed by atoms with Gasteiger partial charge >= 0.3 is 69.8 Å². The molecular formula is C32H20Br2F27N3O3S3. The van der Waals surface area contributed by atoms with Gasteiger partial charge in [0.15, 0.2) is 11.0 Å². The Morgan fingerprint density at radius 2 is 0.686 bits per heavy atom. The van der Waals surface area contributed by atoms with E-state index in [4.69, 9.17) is 11.5 Å². The average Bonchev–Trinajstić information content (AvgIpc) is 3.20. The van der Waals surface area contributed by atoms with E-state index < -0.39 is 118 Å². The lowest BCUT2D eigenvalue weighted by Gasteiger charge is -2.33. The summed E-state index contributed by atoms with van der Waals surface area (Å²) in [6.45, 7) is 2.45. The summed E-state index contributed by atoms with van der Waals surface area (Å²) in [5.74, 6) is -42.1. The van der Waals surface area contributed by atoms with Gasteiger partial charge in [0.25, 0.3) is 0 Å². The van der Waals surface area contributed by atoms with E-state index in [1.807, 2.05) is 0 Å². The van der Waals surface area contributed by atoms with Crippen molar-refractivity contribution in [3.05, 3.63) is 74.7 Å². The monoisotopic (exact) mass is 1260 g/mol. The lowest BCUT2D eigenvalue weighted by atomic mass is 10.1. The number of rotatable bonds is 13. The largest absolute Gasteiger partial charge is 0.460 e. The van der Waals surface area contributed by atoms with Gasteiger partial charge in [0.1, 0.15) is 21.6 Å². The highest BCUT2D eigenvalue weighted by molar-refractivity contribution is 9.11. The van der Waals surface area contributed by atoms with Gasteiger partial charge in [-0.15, -0.1) is 0 Å². The number of para-hydroxylation sites is 1. The van der Waals surface area contributed by atoms with E-state index in [1.54, 1.807) is 0 Å². The van der Waals surface area contributed by atoms with Crippen molar-refractivity contribution in [3.8, 4) is 0 Å². The Labute approximate surface area is 395 Å². The smallest absolute Gasteiger partial charge is 0.398 e. The summed E-state index contributed by atoms with van der Waals surface area (Å²) in [5, 5.41) is -18.6. The Kier molecular flexibility index (Phi) is 19.2. The Balaban J connectivity index is 0.000000526. The molecule has 0 aliphatic heterocycles. The van der Waals surface area contributed by atoms with Crippen LogP contribution in [0.25, 0.3) is 0 Å². The van der Waals surface area contributed by atoms with Gasteiger partial charge in [-0.05, 0) is 93.2 Å². The van der Waals surface area contributed by atoms with Crippen LogP contribution < -0.4 is 16.2 Å². The van der Waals surface area contributed by atoms with Crippen LogP contribution in [-0.4, -0.2) is 82.5 Å². The maximum absolute atomic E-state index is 13.6. The van der Waals surface area contributed by atoms with Crippen molar-refractivity contribution in [2.75, 3.05) is 16.2 Å². The van der Waals surface area contributed by atoms with Crippen LogP contribution in [-0.2, 0) is 32.6 Å². The fourth-order valence-electron chi connectivity index (χ4n) is 4.12. The number of halogens is 29. The molecule has 3 aromatic carbocycles. The molecule has 0 aliphatic carbocycles. The van der Waals surface area contributed by atoms with Gasteiger partial charge in [0.05, 0.1) is 5.69 Å². The van der Waals surface area contributed by atoms with E-state index in [9.17, 15) is 131 Å². The van der Waals surface area contributed by atoms with Gasteiger partial charge in [-0.3, -0.25) is 4.72 Å². The molecule has 402 valence electrons. The number of hydrogen-bond donors (Lipinski definition) is 3. The number of nitrogens with two attached hydrogens (primary N) is 2. The number of aryl methyl sites for hydroxylation is 2. The fourth-order valence-corrected chi connectivity index (χ4v) is 8.78. The molecule has 0 radical (unpaired) electrons. The maximum atomic E-state index is 13.6. The van der Waals surface area contributed by atoms with Crippen LogP contribution in [0, 0.1) is 13.8 Å². The molecule has 3 atom stereocenters. The van der Waals surface area contributed by atoms with E-state index in [0.717, 1.165) is 12.1 Å². The second-order valence-electron chi connectivity index (χ2n) is 13.0. The standard InChI is InChI=1S/C12H10F9NOS.C10H4Br2F9NOS.C10H6F9NOS/c1-5-3-7(4-6(2)8(5)22)24(23)12(20,21)10(15,16)9(13,14)11(17,18)19;11-4-1-3(2-5(12)6(4)22)24(23)10(20,21)8(15,16)7(13,14)9(17,18)19;11-7(12,9(15,16)17)8(13,14)10(18,19)22(21)20-6-4-2-1-3-5-6/h3-4H,22H2,1-2H3;1-2H,22H2;1-5,20H. The average molecular weight is 1260 g/mol. The van der Waals surface area contributed by atoms with Gasteiger partial charge in [-0.2, -0.15) is 119 Å². The SMILES string of the molecule is Cc1cc(S(=O)C(F)(F)C(F)(F)C(F)(F)C(F)(F)F)cc(C)c1N.Nc1c(Br)cc(S(=O)C(F)(F)C(F)(F)C(F)(F)C(F)(F)F)cc1Br.O=S(Nc1ccccc1)C(F)(F)C(F)(F)C(F)(F)C(F)(F)F. The molecule has 0 spiro atoms. The maximum Gasteiger partial charge on any atom is 0.460 e. The molecule has 0 saturated heterocycles. The molecule has 0 aromatic heterocycles. The zero-order valence-corrected chi connectivity index (χ0v) is 38.4. The molecule has 0 amide bonds. The lowest BCUT2D eigenvalue weighted by molar-refractivity contribution is -0.381. The molecule has 0 fully saturated rings. The van der Waals surface area contributed by atoms with E-state index in [1.165, 1.54) is 36.8 Å². The van der Waals surface area contributed by atoms with Gasteiger partial charge in [0, 0.05) is 30.1 Å². The van der Waals surface area contributed by atoms with Crippen LogP contribution in [0.4, 0.5) is 136 Å². The summed E-state index contributed by atoms with van der Waals surface area (Å²) in [4.78, 5) is -2.20. The highest BCUT2D eigenvalue weighted by Gasteiger charge is 2.86. The lowest BCUT2D eigenvalue weighted by Crippen LogP contribution is -2.62. The number of nitrogens with one attached hydrogen (secondary N) is 1. The van der Waals surface area contributed by atoms with Crippen molar-refractivity contribution in [3.63, 3.8) is 0 Å². The number of alkyl halides is 27. The normalized spacial score (nSPS) is 15.5. The van der Waals surface area contributed by atoms with Crippen LogP contribution in [0.15, 0.2) is 73.3 Å². The Morgan fingerprint density at radius 1 is 0.414 bits per heavy atom. The molecule has 5 N–H and O–H groups in total. The van der Waals surface area contributed by atoms with Crippen LogP contribution in [0.2, 0.25) is 0 Å². The summed E-state index contributed by atoms with van der Waals surface area (Å²) >= 11 is 5.41. The van der Waals surface area contributed by atoms with Crippen LogP contribution in [0.1, 0.15) is 11.1 Å². The fraction of sp³-hybridized carbons (Fsp3) is 0.438. The minimum Gasteiger partial charge on any atom is -0.398 e. The third-order valence-electron chi connectivity index (χ3n) is 8.08. The van der Waals surface area contributed by atoms with Gasteiger partial charge < -0.3 is 11.5 Å². The summed E-state index contributed by atoms with van der Waals surface area (Å²) in [6.07, 6.45) is -20.9. The van der Waals surface area contributed by atoms with Gasteiger partial charge in [-0.1, -0.05) is 18.2 Å². The van der Waals surface area contributed by atoms with Crippen molar-refractivity contribution in [1.82, 2.24) is 0 Å². The van der Waals surface area contributed by atoms with Crippen LogP contribution in [0.5, 0.6) is 0 Å². The third-order valence-corrected chi connectivity index (χ3v) is 13.3. The first-order chi connectivity index (χ1) is 30.7. The van der Waals surface area contributed by atoms with Gasteiger partial charge in [-0.25, -0.2) is 12.6 Å². The predicted molar refractivity (Wildman–Crippen MR) is 200 cm³/mol. The van der Waals surface area contributed by atoms with Crippen molar-refractivity contribution >= 4 is 81.5 Å². The molecule has 0 saturated carbocycles. The van der Waals surface area contributed by atoms with Crippen molar-refractivity contribution in [2.24, 2.45) is 0 Å². The number of nitrogen functional groups attached to an aromatic ring is 2. The second-order valence-corrected chi connectivity index (χ2v) is 19.0. The zero-order chi connectivity index (χ0) is 56.0. The first-order valence-corrected chi connectivity index (χ1v) is 21.5. The molecule has 38 heteroatoms. The number of hydrogen-bond acceptors (Lipinski definition) is 5. The van der Waals surface area contributed by atoms with Crippen molar-refractivity contribution in [2.45, 2.75) is 93.5 Å². The Morgan fingerprint density at radius 3 is 0.971 bits per heavy atom. The van der Waals surface area contributed by atoms with E-state index in [-0.39, 0.29) is 31.4 Å². The van der Waals surface area contributed by atoms with E-state index in [2.05, 4.69) is 31.9 Å². The molecule has 70 heavy (non-hydrogen) atoms. The molecule has 0 heterocycles.